The Kier molecular flexibility index (Phi) is 9.89. The van der Waals surface area contributed by atoms with Crippen LogP contribution in [0.5, 0.6) is 23.0 Å². The average Bonchev–Trinajstić information content (AvgIpc) is 3.49. The molecule has 44 heavy (non-hydrogen) atoms. The molecule has 2 aliphatic heterocycles. The minimum Gasteiger partial charge on any atom is -0.493 e. The summed E-state index contributed by atoms with van der Waals surface area (Å²) in [6.07, 6.45) is 3.45. The van der Waals surface area contributed by atoms with Crippen LogP contribution in [0.25, 0.3) is 11.1 Å². The molecule has 3 aromatic carbocycles. The molecule has 10 heteroatoms. The maximum absolute atomic E-state index is 13.7. The molecule has 5 rings (SSSR count). The summed E-state index contributed by atoms with van der Waals surface area (Å²) < 4.78 is 23.2. The molecule has 2 aliphatic rings. The smallest absolute Gasteiger partial charge is 0.303 e. The number of likely N-dealkylation sites (tertiary alicyclic amines) is 1. The van der Waals surface area contributed by atoms with Crippen molar-refractivity contribution in [2.24, 2.45) is 0 Å². The van der Waals surface area contributed by atoms with Crippen LogP contribution in [-0.2, 0) is 22.6 Å². The van der Waals surface area contributed by atoms with E-state index in [0.717, 1.165) is 36.0 Å². The number of ether oxygens (including phenoxy) is 4. The van der Waals surface area contributed by atoms with Crippen molar-refractivity contribution in [2.45, 2.75) is 64.5 Å². The zero-order valence-electron chi connectivity index (χ0n) is 24.8. The molecule has 2 N–H and O–H groups in total. The molecule has 0 aliphatic carbocycles. The Morgan fingerprint density at radius 2 is 1.73 bits per heavy atom. The minimum atomic E-state index is -0.941. The van der Waals surface area contributed by atoms with Crippen molar-refractivity contribution in [3.05, 3.63) is 71.3 Å². The number of hydrogen-bond donors (Lipinski definition) is 2. The summed E-state index contributed by atoms with van der Waals surface area (Å²) >= 11 is 0. The largest absolute Gasteiger partial charge is 0.493 e. The fraction of sp³-hybridized carbons (Fsp3) is 0.382. The highest BCUT2D eigenvalue weighted by Gasteiger charge is 2.25. The Balaban J connectivity index is 1.43. The highest BCUT2D eigenvalue weighted by Crippen LogP contribution is 2.37. The molecule has 1 fully saturated rings. The molecule has 10 nitrogen and oxygen atoms in total. The Morgan fingerprint density at radius 3 is 2.52 bits per heavy atom. The number of benzene rings is 3. The van der Waals surface area contributed by atoms with E-state index in [1.54, 1.807) is 18.2 Å². The van der Waals surface area contributed by atoms with E-state index in [2.05, 4.69) is 6.92 Å². The summed E-state index contributed by atoms with van der Waals surface area (Å²) in [6, 6.07) is 16.7. The van der Waals surface area contributed by atoms with Crippen LogP contribution >= 0.6 is 0 Å². The fourth-order valence-corrected chi connectivity index (χ4v) is 5.58. The van der Waals surface area contributed by atoms with Gasteiger partial charge in [-0.2, -0.15) is 0 Å². The topological polar surface area (TPSA) is 132 Å². The average molecular weight is 604 g/mol. The number of aliphatic carboxylic acids is 2. The quantitative estimate of drug-likeness (QED) is 0.228. The highest BCUT2D eigenvalue weighted by molar-refractivity contribution is 5.96. The van der Waals surface area contributed by atoms with Crippen LogP contribution in [0.2, 0.25) is 0 Å². The summed E-state index contributed by atoms with van der Waals surface area (Å²) in [4.78, 5) is 38.0. The molecule has 1 amide bonds. The maximum atomic E-state index is 13.7. The third-order valence-corrected chi connectivity index (χ3v) is 7.93. The number of piperidine rings is 1. The van der Waals surface area contributed by atoms with Gasteiger partial charge in [-0.3, -0.25) is 14.4 Å². The number of carbonyl (C=O) groups excluding carboxylic acids is 1. The number of carbonyl (C=O) groups is 3. The van der Waals surface area contributed by atoms with Gasteiger partial charge in [-0.15, -0.1) is 0 Å². The number of carboxylic acids is 2. The second-order valence-electron chi connectivity index (χ2n) is 11.1. The molecule has 0 spiro atoms. The number of fused-ring (bicyclic) bond motifs is 1. The standard InChI is InChI=1S/C34H37NO9/c1-22-6-2-3-14-35(22)34(40)26-16-25(23-10-12-30-31(19-23)44-21-43-30)17-27(18-26)42-20-24-7-4-8-29(28(24)11-13-33(38)39)41-15-5-9-32(36)37/h4,7-8,10,12,16-19,22H,2-3,5-6,9,11,13-15,20-21H2,1H3,(H,36,37)(H,38,39). The van der Waals surface area contributed by atoms with Crippen molar-refractivity contribution in [1.29, 1.82) is 0 Å². The van der Waals surface area contributed by atoms with E-state index >= 15 is 0 Å². The third-order valence-electron chi connectivity index (χ3n) is 7.93. The lowest BCUT2D eigenvalue weighted by Gasteiger charge is -2.33. The van der Waals surface area contributed by atoms with E-state index < -0.39 is 11.9 Å². The summed E-state index contributed by atoms with van der Waals surface area (Å²) in [7, 11) is 0. The van der Waals surface area contributed by atoms with Crippen molar-refractivity contribution in [1.82, 2.24) is 4.90 Å². The monoisotopic (exact) mass is 603 g/mol. The van der Waals surface area contributed by atoms with Crippen molar-refractivity contribution in [2.75, 3.05) is 19.9 Å². The van der Waals surface area contributed by atoms with E-state index in [9.17, 15) is 19.5 Å². The van der Waals surface area contributed by atoms with Crippen LogP contribution in [-0.4, -0.2) is 58.9 Å². The van der Waals surface area contributed by atoms with Crippen LogP contribution in [0.3, 0.4) is 0 Å². The number of rotatable bonds is 13. The van der Waals surface area contributed by atoms with Gasteiger partial charge in [0.2, 0.25) is 6.79 Å². The van der Waals surface area contributed by atoms with Gasteiger partial charge in [0, 0.05) is 36.6 Å². The van der Waals surface area contributed by atoms with Gasteiger partial charge in [0.25, 0.3) is 5.91 Å². The van der Waals surface area contributed by atoms with Crippen LogP contribution in [0, 0.1) is 0 Å². The second-order valence-corrected chi connectivity index (χ2v) is 11.1. The molecule has 0 radical (unpaired) electrons. The molecule has 0 saturated carbocycles. The molecule has 3 aromatic rings. The van der Waals surface area contributed by atoms with Gasteiger partial charge in [-0.05, 0) is 92.1 Å². The summed E-state index contributed by atoms with van der Waals surface area (Å²) in [5.41, 5.74) is 3.59. The van der Waals surface area contributed by atoms with Gasteiger partial charge in [-0.1, -0.05) is 18.2 Å². The van der Waals surface area contributed by atoms with Crippen molar-refractivity contribution in [3.63, 3.8) is 0 Å². The fourth-order valence-electron chi connectivity index (χ4n) is 5.58. The molecule has 2 heterocycles. The normalized spacial score (nSPS) is 15.6. The SMILES string of the molecule is CC1CCCCN1C(=O)c1cc(OCc2cccc(OCCCC(=O)O)c2CCC(=O)O)cc(-c2ccc3c(c2)OCO3)c1. The Hall–Kier alpha value is -4.73. The van der Waals surface area contributed by atoms with Gasteiger partial charge in [0.05, 0.1) is 6.61 Å². The Labute approximate surface area is 256 Å². The number of amides is 1. The molecule has 1 saturated heterocycles. The Morgan fingerprint density at radius 1 is 0.909 bits per heavy atom. The van der Waals surface area contributed by atoms with Crippen LogP contribution < -0.4 is 18.9 Å². The van der Waals surface area contributed by atoms with Crippen molar-refractivity contribution >= 4 is 17.8 Å². The zero-order valence-corrected chi connectivity index (χ0v) is 24.8. The highest BCUT2D eigenvalue weighted by atomic mass is 16.7. The van der Waals surface area contributed by atoms with Gasteiger partial charge >= 0.3 is 11.9 Å². The molecule has 0 aromatic heterocycles. The van der Waals surface area contributed by atoms with Crippen LogP contribution in [0.4, 0.5) is 0 Å². The molecule has 0 bridgehead atoms. The van der Waals surface area contributed by atoms with Crippen molar-refractivity contribution < 1.29 is 43.5 Å². The first-order valence-electron chi connectivity index (χ1n) is 14.9. The predicted molar refractivity (Wildman–Crippen MR) is 161 cm³/mol. The van der Waals surface area contributed by atoms with Crippen LogP contribution in [0.15, 0.2) is 54.6 Å². The van der Waals surface area contributed by atoms with E-state index in [1.165, 1.54) is 0 Å². The second kappa shape index (κ2) is 14.2. The predicted octanol–water partition coefficient (Wildman–Crippen LogP) is 5.94. The van der Waals surface area contributed by atoms with E-state index in [4.69, 9.17) is 24.1 Å². The molecular formula is C34H37NO9. The lowest BCUT2D eigenvalue weighted by Crippen LogP contribution is -2.42. The lowest BCUT2D eigenvalue weighted by atomic mass is 9.99. The third kappa shape index (κ3) is 7.61. The first-order valence-corrected chi connectivity index (χ1v) is 14.9. The first-order chi connectivity index (χ1) is 21.3. The van der Waals surface area contributed by atoms with Gasteiger partial charge in [-0.25, -0.2) is 0 Å². The zero-order chi connectivity index (χ0) is 31.1. The Bertz CT molecular complexity index is 1520. The van der Waals surface area contributed by atoms with Gasteiger partial charge in [0.1, 0.15) is 18.1 Å². The maximum Gasteiger partial charge on any atom is 0.303 e. The number of nitrogens with zero attached hydrogens (tertiary/aromatic N) is 1. The van der Waals surface area contributed by atoms with Crippen LogP contribution in [0.1, 0.15) is 66.9 Å². The lowest BCUT2D eigenvalue weighted by molar-refractivity contribution is -0.138. The molecule has 1 unspecified atom stereocenters. The molecule has 1 atom stereocenters. The van der Waals surface area contributed by atoms with E-state index in [0.29, 0.717) is 47.1 Å². The number of carboxylic acid groups (broad SMARTS) is 2. The summed E-state index contributed by atoms with van der Waals surface area (Å²) in [6.45, 7) is 3.24. The van der Waals surface area contributed by atoms with Crippen molar-refractivity contribution in [3.8, 4) is 34.1 Å². The number of hydrogen-bond acceptors (Lipinski definition) is 7. The summed E-state index contributed by atoms with van der Waals surface area (Å²) in [5, 5.41) is 18.3. The van der Waals surface area contributed by atoms with E-state index in [1.807, 2.05) is 41.3 Å². The van der Waals surface area contributed by atoms with E-state index in [-0.39, 0.29) is 51.2 Å². The van der Waals surface area contributed by atoms with Gasteiger partial charge in [0.15, 0.2) is 11.5 Å². The minimum absolute atomic E-state index is 0.0236. The molecular weight excluding hydrogens is 566 g/mol. The summed E-state index contributed by atoms with van der Waals surface area (Å²) in [5.74, 6) is 0.394. The first kappa shape index (κ1) is 30.7. The van der Waals surface area contributed by atoms with Gasteiger partial charge < -0.3 is 34.1 Å². The molecule has 232 valence electrons.